The summed E-state index contributed by atoms with van der Waals surface area (Å²) in [6.45, 7) is 0. The molecule has 0 amide bonds. The third kappa shape index (κ3) is 3.51. The van der Waals surface area contributed by atoms with Crippen molar-refractivity contribution in [1.29, 1.82) is 0 Å². The molecule has 124 valence electrons. The molecule has 1 nitrogen and oxygen atoms in total. The van der Waals surface area contributed by atoms with Crippen LogP contribution in [0.2, 0.25) is 0 Å². The molecule has 0 saturated carbocycles. The van der Waals surface area contributed by atoms with Gasteiger partial charge in [0.15, 0.2) is 0 Å². The second kappa shape index (κ2) is 7.40. The minimum absolute atomic E-state index is 0.475. The van der Waals surface area contributed by atoms with Crippen LogP contribution in [0.3, 0.4) is 0 Å². The molecule has 0 spiro atoms. The van der Waals surface area contributed by atoms with Gasteiger partial charge in [-0.25, -0.2) is 0 Å². The highest BCUT2D eigenvalue weighted by Crippen LogP contribution is 2.33. The molecule has 25 heavy (non-hydrogen) atoms. The van der Waals surface area contributed by atoms with Crippen molar-refractivity contribution >= 4 is 5.69 Å². The molecule has 1 unspecified atom stereocenters. The van der Waals surface area contributed by atoms with Gasteiger partial charge in [0, 0.05) is 23.0 Å². The van der Waals surface area contributed by atoms with Crippen molar-refractivity contribution in [2.75, 3.05) is 4.90 Å². The van der Waals surface area contributed by atoms with Gasteiger partial charge in [-0.15, -0.1) is 0 Å². The predicted molar refractivity (Wildman–Crippen MR) is 106 cm³/mol. The van der Waals surface area contributed by atoms with E-state index in [2.05, 4.69) is 102 Å². The van der Waals surface area contributed by atoms with Crippen molar-refractivity contribution in [3.63, 3.8) is 0 Å². The molecule has 0 aliphatic heterocycles. The molecule has 0 aromatic heterocycles. The van der Waals surface area contributed by atoms with Gasteiger partial charge in [0.05, 0.1) is 0 Å². The summed E-state index contributed by atoms with van der Waals surface area (Å²) < 4.78 is 0. The van der Waals surface area contributed by atoms with Crippen molar-refractivity contribution in [3.05, 3.63) is 114 Å². The number of benzene rings is 2. The number of hydrogen-bond acceptors (Lipinski definition) is 1. The van der Waals surface area contributed by atoms with Gasteiger partial charge in [-0.1, -0.05) is 72.8 Å². The van der Waals surface area contributed by atoms with E-state index in [1.165, 1.54) is 22.6 Å². The number of anilines is 1. The van der Waals surface area contributed by atoms with Crippen LogP contribution in [-0.2, 0) is 0 Å². The molecule has 0 radical (unpaired) electrons. The third-order valence-corrected chi connectivity index (χ3v) is 4.86. The van der Waals surface area contributed by atoms with Crippen LogP contribution >= 0.6 is 0 Å². The van der Waals surface area contributed by atoms with Crippen LogP contribution in [0.1, 0.15) is 30.7 Å². The van der Waals surface area contributed by atoms with Crippen LogP contribution in [0, 0.1) is 0 Å². The summed E-state index contributed by atoms with van der Waals surface area (Å²) >= 11 is 0. The fourth-order valence-corrected chi connectivity index (χ4v) is 3.56. The predicted octanol–water partition coefficient (Wildman–Crippen LogP) is 6.35. The first kappa shape index (κ1) is 15.7. The lowest BCUT2D eigenvalue weighted by molar-refractivity contribution is 0.826. The second-order valence-corrected chi connectivity index (χ2v) is 6.54. The van der Waals surface area contributed by atoms with Gasteiger partial charge in [-0.05, 0) is 49.1 Å². The normalized spacial score (nSPS) is 19.3. The second-order valence-electron chi connectivity index (χ2n) is 6.54. The van der Waals surface area contributed by atoms with E-state index in [1.54, 1.807) is 0 Å². The SMILES string of the molecule is C1=CCCC(N(C2=CCC(c3ccccc3)C=C2)c2ccccc2)=C1. The Bertz CT molecular complexity index is 825. The summed E-state index contributed by atoms with van der Waals surface area (Å²) in [6, 6.07) is 21.5. The first-order chi connectivity index (χ1) is 12.4. The van der Waals surface area contributed by atoms with E-state index in [0.717, 1.165) is 19.3 Å². The molecule has 0 saturated heterocycles. The van der Waals surface area contributed by atoms with Gasteiger partial charge in [0.2, 0.25) is 0 Å². The molecular formula is C24H23N. The third-order valence-electron chi connectivity index (χ3n) is 4.86. The fraction of sp³-hybridized carbons (Fsp3) is 0.167. The zero-order chi connectivity index (χ0) is 16.9. The van der Waals surface area contributed by atoms with Crippen LogP contribution in [-0.4, -0.2) is 0 Å². The van der Waals surface area contributed by atoms with Crippen molar-refractivity contribution in [2.45, 2.75) is 25.2 Å². The van der Waals surface area contributed by atoms with E-state index >= 15 is 0 Å². The Hall–Kier alpha value is -2.80. The zero-order valence-corrected chi connectivity index (χ0v) is 14.4. The minimum atomic E-state index is 0.475. The Morgan fingerprint density at radius 3 is 2.28 bits per heavy atom. The molecule has 4 rings (SSSR count). The molecule has 2 aliphatic carbocycles. The number of allylic oxidation sites excluding steroid dienone is 7. The molecule has 2 aliphatic rings. The van der Waals surface area contributed by atoms with E-state index in [9.17, 15) is 0 Å². The molecule has 0 bridgehead atoms. The minimum Gasteiger partial charge on any atom is -0.315 e. The Kier molecular flexibility index (Phi) is 4.65. The van der Waals surface area contributed by atoms with Crippen LogP contribution in [0.5, 0.6) is 0 Å². The van der Waals surface area contributed by atoms with E-state index in [1.807, 2.05) is 0 Å². The molecule has 2 aromatic carbocycles. The lowest BCUT2D eigenvalue weighted by atomic mass is 9.91. The highest BCUT2D eigenvalue weighted by Gasteiger charge is 2.19. The molecule has 1 heteroatoms. The van der Waals surface area contributed by atoms with Crippen molar-refractivity contribution < 1.29 is 0 Å². The smallest absolute Gasteiger partial charge is 0.0458 e. The number of nitrogens with zero attached hydrogens (tertiary/aromatic N) is 1. The summed E-state index contributed by atoms with van der Waals surface area (Å²) in [4.78, 5) is 2.40. The maximum absolute atomic E-state index is 2.40. The van der Waals surface area contributed by atoms with Crippen molar-refractivity contribution in [2.24, 2.45) is 0 Å². The quantitative estimate of drug-likeness (QED) is 0.632. The van der Waals surface area contributed by atoms with Gasteiger partial charge in [0.1, 0.15) is 0 Å². The van der Waals surface area contributed by atoms with Crippen LogP contribution < -0.4 is 4.90 Å². The van der Waals surface area contributed by atoms with Gasteiger partial charge in [-0.2, -0.15) is 0 Å². The lowest BCUT2D eigenvalue weighted by Gasteiger charge is -2.31. The summed E-state index contributed by atoms with van der Waals surface area (Å²) in [5.74, 6) is 0.475. The average molecular weight is 325 g/mol. The molecular weight excluding hydrogens is 302 g/mol. The monoisotopic (exact) mass is 325 g/mol. The highest BCUT2D eigenvalue weighted by atomic mass is 15.2. The number of rotatable bonds is 4. The Morgan fingerprint density at radius 2 is 1.64 bits per heavy atom. The summed E-state index contributed by atoms with van der Waals surface area (Å²) in [7, 11) is 0. The van der Waals surface area contributed by atoms with Gasteiger partial charge >= 0.3 is 0 Å². The maximum Gasteiger partial charge on any atom is 0.0458 e. The topological polar surface area (TPSA) is 3.24 Å². The summed E-state index contributed by atoms with van der Waals surface area (Å²) in [6.07, 6.45) is 16.9. The number of hydrogen-bond donors (Lipinski definition) is 0. The fourth-order valence-electron chi connectivity index (χ4n) is 3.56. The van der Waals surface area contributed by atoms with E-state index in [-0.39, 0.29) is 0 Å². The highest BCUT2D eigenvalue weighted by molar-refractivity contribution is 5.62. The number of para-hydroxylation sites is 1. The molecule has 0 fully saturated rings. The maximum atomic E-state index is 2.40. The van der Waals surface area contributed by atoms with Crippen LogP contribution in [0.15, 0.2) is 109 Å². The molecule has 1 atom stereocenters. The summed E-state index contributed by atoms with van der Waals surface area (Å²) in [5.41, 5.74) is 5.26. The van der Waals surface area contributed by atoms with Gasteiger partial charge in [-0.3, -0.25) is 0 Å². The molecule has 0 heterocycles. The Labute approximate surface area is 150 Å². The van der Waals surface area contributed by atoms with Crippen molar-refractivity contribution in [1.82, 2.24) is 0 Å². The lowest BCUT2D eigenvalue weighted by Crippen LogP contribution is -2.22. The largest absolute Gasteiger partial charge is 0.315 e. The van der Waals surface area contributed by atoms with Gasteiger partial charge < -0.3 is 4.90 Å². The zero-order valence-electron chi connectivity index (χ0n) is 14.4. The standard InChI is InChI=1S/C24H23N/c1-4-10-20(11-5-1)21-16-18-24(19-17-21)25(22-12-6-2-7-13-22)23-14-8-3-9-15-23/h1-8,10-14,16,18-19,21H,9,15,17H2. The Morgan fingerprint density at radius 1 is 0.880 bits per heavy atom. The van der Waals surface area contributed by atoms with Crippen molar-refractivity contribution in [3.8, 4) is 0 Å². The molecule has 2 aromatic rings. The van der Waals surface area contributed by atoms with E-state index < -0.39 is 0 Å². The van der Waals surface area contributed by atoms with Gasteiger partial charge in [0.25, 0.3) is 0 Å². The Balaban J connectivity index is 1.63. The first-order valence-electron chi connectivity index (χ1n) is 9.06. The van der Waals surface area contributed by atoms with E-state index in [0.29, 0.717) is 5.92 Å². The first-order valence-corrected chi connectivity index (χ1v) is 9.06. The average Bonchev–Trinajstić information content (AvgIpc) is 2.71. The molecule has 0 N–H and O–H groups in total. The van der Waals surface area contributed by atoms with Crippen LogP contribution in [0.25, 0.3) is 0 Å². The van der Waals surface area contributed by atoms with Crippen LogP contribution in [0.4, 0.5) is 5.69 Å². The van der Waals surface area contributed by atoms with E-state index in [4.69, 9.17) is 0 Å². The summed E-state index contributed by atoms with van der Waals surface area (Å²) in [5, 5.41) is 0.